The number of hydrogen-bond donors (Lipinski definition) is 1. The fraction of sp³-hybridized carbons (Fsp3) is 0.250. The van der Waals surface area contributed by atoms with Crippen LogP contribution in [0.25, 0.3) is 0 Å². The molecule has 86 valence electrons. The summed E-state index contributed by atoms with van der Waals surface area (Å²) in [6.45, 7) is -0.156. The molecule has 0 radical (unpaired) electrons. The number of nitrogens with zero attached hydrogens (tertiary/aromatic N) is 2. The molecule has 0 spiro atoms. The summed E-state index contributed by atoms with van der Waals surface area (Å²) in [7, 11) is 0. The van der Waals surface area contributed by atoms with Crippen molar-refractivity contribution in [3.05, 3.63) is 21.9 Å². The van der Waals surface area contributed by atoms with Gasteiger partial charge in [-0.3, -0.25) is 0 Å². The first kappa shape index (κ1) is 12.7. The van der Waals surface area contributed by atoms with Crippen LogP contribution in [0.15, 0.2) is 10.7 Å². The molecule has 0 saturated carbocycles. The number of halogens is 4. The first-order chi connectivity index (χ1) is 7.37. The molecule has 8 heteroatoms. The van der Waals surface area contributed by atoms with Crippen molar-refractivity contribution in [2.75, 3.05) is 0 Å². The van der Waals surface area contributed by atoms with E-state index in [0.717, 1.165) is 6.07 Å². The van der Waals surface area contributed by atoms with Gasteiger partial charge in [0.15, 0.2) is 5.75 Å². The van der Waals surface area contributed by atoms with Crippen molar-refractivity contribution in [3.8, 4) is 11.8 Å². The molecule has 0 saturated heterocycles. The monoisotopic (exact) mass is 295 g/mol. The van der Waals surface area contributed by atoms with E-state index in [4.69, 9.17) is 11.0 Å². The number of nitriles is 1. The van der Waals surface area contributed by atoms with E-state index in [9.17, 15) is 13.2 Å². The molecule has 1 rings (SSSR count). The Kier molecular flexibility index (Phi) is 3.72. The predicted octanol–water partition coefficient (Wildman–Crippen LogP) is 2.07. The first-order valence-electron chi connectivity index (χ1n) is 3.92. The molecule has 0 aliphatic heterocycles. The molecule has 0 aliphatic rings. The third-order valence-corrected chi connectivity index (χ3v) is 1.96. The zero-order valence-electron chi connectivity index (χ0n) is 7.68. The molecular weight excluding hydrogens is 291 g/mol. The fourth-order valence-electron chi connectivity index (χ4n) is 1.01. The standard InChI is InChI=1S/C8H5BrF3N3O/c9-7-1-6(16-8(10,11)12)4(2-13)5(3-14)15-7/h1H,3,14H2. The third kappa shape index (κ3) is 3.08. The number of pyridine rings is 1. The minimum atomic E-state index is -4.86. The third-order valence-electron chi connectivity index (χ3n) is 1.56. The van der Waals surface area contributed by atoms with Crippen molar-refractivity contribution in [3.63, 3.8) is 0 Å². The highest BCUT2D eigenvalue weighted by molar-refractivity contribution is 9.10. The van der Waals surface area contributed by atoms with Crippen LogP contribution in [0.1, 0.15) is 11.3 Å². The molecule has 0 fully saturated rings. The normalized spacial score (nSPS) is 11.0. The minimum Gasteiger partial charge on any atom is -0.404 e. The van der Waals surface area contributed by atoms with Gasteiger partial charge in [-0.2, -0.15) is 5.26 Å². The van der Waals surface area contributed by atoms with Crippen molar-refractivity contribution in [2.45, 2.75) is 12.9 Å². The summed E-state index contributed by atoms with van der Waals surface area (Å²) in [5.74, 6) is -0.614. The lowest BCUT2D eigenvalue weighted by Crippen LogP contribution is -2.19. The molecule has 4 nitrogen and oxygen atoms in total. The van der Waals surface area contributed by atoms with Crippen LogP contribution in [0.2, 0.25) is 0 Å². The number of alkyl halides is 3. The number of ether oxygens (including phenoxy) is 1. The number of rotatable bonds is 2. The average molecular weight is 296 g/mol. The SMILES string of the molecule is N#Cc1c(OC(F)(F)F)cc(Br)nc1CN. The Morgan fingerprint density at radius 2 is 2.19 bits per heavy atom. The fourth-order valence-corrected chi connectivity index (χ4v) is 1.43. The Labute approximate surface area is 97.0 Å². The summed E-state index contributed by atoms with van der Waals surface area (Å²) in [5.41, 5.74) is 4.98. The topological polar surface area (TPSA) is 71.9 Å². The molecule has 1 aromatic rings. The van der Waals surface area contributed by atoms with Crippen LogP contribution in [0.5, 0.6) is 5.75 Å². The highest BCUT2D eigenvalue weighted by atomic mass is 79.9. The van der Waals surface area contributed by atoms with Crippen LogP contribution >= 0.6 is 15.9 Å². The Balaban J connectivity index is 3.27. The van der Waals surface area contributed by atoms with E-state index >= 15 is 0 Å². The molecule has 0 aromatic carbocycles. The van der Waals surface area contributed by atoms with E-state index in [-0.39, 0.29) is 22.4 Å². The second kappa shape index (κ2) is 4.67. The molecule has 1 heterocycles. The van der Waals surface area contributed by atoms with E-state index in [1.54, 1.807) is 6.07 Å². The zero-order valence-corrected chi connectivity index (χ0v) is 9.26. The predicted molar refractivity (Wildman–Crippen MR) is 51.2 cm³/mol. The van der Waals surface area contributed by atoms with Crippen molar-refractivity contribution < 1.29 is 17.9 Å². The lowest BCUT2D eigenvalue weighted by molar-refractivity contribution is -0.274. The molecule has 0 unspecified atom stereocenters. The van der Waals surface area contributed by atoms with Crippen LogP contribution in [-0.2, 0) is 6.54 Å². The summed E-state index contributed by atoms with van der Waals surface area (Å²) in [4.78, 5) is 3.77. The summed E-state index contributed by atoms with van der Waals surface area (Å²) in [5, 5.41) is 8.71. The van der Waals surface area contributed by atoms with Crippen LogP contribution in [-0.4, -0.2) is 11.3 Å². The summed E-state index contributed by atoms with van der Waals surface area (Å²) in [6, 6.07) is 2.54. The summed E-state index contributed by atoms with van der Waals surface area (Å²) in [6.07, 6.45) is -4.86. The van der Waals surface area contributed by atoms with Crippen molar-refractivity contribution in [1.82, 2.24) is 4.98 Å². The maximum absolute atomic E-state index is 12.0. The molecule has 16 heavy (non-hydrogen) atoms. The molecular formula is C8H5BrF3N3O. The highest BCUT2D eigenvalue weighted by Gasteiger charge is 2.33. The summed E-state index contributed by atoms with van der Waals surface area (Å²) < 4.78 is 39.9. The molecule has 0 aliphatic carbocycles. The Morgan fingerprint density at radius 3 is 2.62 bits per heavy atom. The molecule has 2 N–H and O–H groups in total. The van der Waals surface area contributed by atoms with Crippen molar-refractivity contribution in [1.29, 1.82) is 5.26 Å². The second-order valence-electron chi connectivity index (χ2n) is 2.63. The van der Waals surface area contributed by atoms with Gasteiger partial charge in [-0.05, 0) is 15.9 Å². The quantitative estimate of drug-likeness (QED) is 0.848. The number of hydrogen-bond acceptors (Lipinski definition) is 4. The van der Waals surface area contributed by atoms with Crippen LogP contribution in [0, 0.1) is 11.3 Å². The van der Waals surface area contributed by atoms with Crippen LogP contribution in [0.3, 0.4) is 0 Å². The van der Waals surface area contributed by atoms with Gasteiger partial charge in [0, 0.05) is 12.6 Å². The van der Waals surface area contributed by atoms with Gasteiger partial charge in [0.25, 0.3) is 0 Å². The lowest BCUT2D eigenvalue weighted by Gasteiger charge is -2.12. The van der Waals surface area contributed by atoms with E-state index < -0.39 is 12.1 Å². The second-order valence-corrected chi connectivity index (χ2v) is 3.44. The van der Waals surface area contributed by atoms with Gasteiger partial charge in [-0.1, -0.05) is 0 Å². The van der Waals surface area contributed by atoms with Crippen molar-refractivity contribution in [2.24, 2.45) is 5.73 Å². The van der Waals surface area contributed by atoms with E-state index in [0.29, 0.717) is 0 Å². The minimum absolute atomic E-state index is 0.0381. The van der Waals surface area contributed by atoms with E-state index in [1.807, 2.05) is 0 Å². The van der Waals surface area contributed by atoms with Crippen molar-refractivity contribution >= 4 is 15.9 Å². The van der Waals surface area contributed by atoms with Crippen LogP contribution < -0.4 is 10.5 Å². The van der Waals surface area contributed by atoms with Gasteiger partial charge in [-0.15, -0.1) is 13.2 Å². The van der Waals surface area contributed by atoms with Gasteiger partial charge in [0.2, 0.25) is 0 Å². The van der Waals surface area contributed by atoms with Gasteiger partial charge in [0.05, 0.1) is 5.69 Å². The van der Waals surface area contributed by atoms with Gasteiger partial charge in [0.1, 0.15) is 16.2 Å². The largest absolute Gasteiger partial charge is 0.573 e. The Bertz CT molecular complexity index is 441. The smallest absolute Gasteiger partial charge is 0.404 e. The zero-order chi connectivity index (χ0) is 12.3. The van der Waals surface area contributed by atoms with E-state index in [2.05, 4.69) is 25.7 Å². The maximum atomic E-state index is 12.0. The van der Waals surface area contributed by atoms with Gasteiger partial charge in [-0.25, -0.2) is 4.98 Å². The maximum Gasteiger partial charge on any atom is 0.573 e. The lowest BCUT2D eigenvalue weighted by atomic mass is 10.2. The van der Waals surface area contributed by atoms with Gasteiger partial charge < -0.3 is 10.5 Å². The molecule has 0 bridgehead atoms. The molecule has 1 aromatic heterocycles. The summed E-state index contributed by atoms with van der Waals surface area (Å²) >= 11 is 2.90. The number of nitrogens with two attached hydrogens (primary N) is 1. The highest BCUT2D eigenvalue weighted by Crippen LogP contribution is 2.29. The Morgan fingerprint density at radius 1 is 1.56 bits per heavy atom. The number of aromatic nitrogens is 1. The molecule has 0 atom stereocenters. The van der Waals surface area contributed by atoms with Gasteiger partial charge >= 0.3 is 6.36 Å². The average Bonchev–Trinajstić information content (AvgIpc) is 2.14. The van der Waals surface area contributed by atoms with Crippen LogP contribution in [0.4, 0.5) is 13.2 Å². The molecule has 0 amide bonds. The Hall–Kier alpha value is -1.33. The van der Waals surface area contributed by atoms with E-state index in [1.165, 1.54) is 0 Å². The first-order valence-corrected chi connectivity index (χ1v) is 4.72.